The molecule has 3 aliphatic rings. The van der Waals surface area contributed by atoms with E-state index in [1.165, 1.54) is 30.1 Å². The van der Waals surface area contributed by atoms with Crippen LogP contribution in [-0.4, -0.2) is 124 Å². The zero-order chi connectivity index (χ0) is 50.9. The summed E-state index contributed by atoms with van der Waals surface area (Å²) < 4.78 is 81.6. The van der Waals surface area contributed by atoms with Crippen LogP contribution in [0.4, 0.5) is 11.6 Å². The monoisotopic (exact) mass is 1030 g/mol. The fraction of sp³-hybridized carbons (Fsp3) is 0.667. The average Bonchev–Trinajstić information content (AvgIpc) is 3.93. The fourth-order valence-electron chi connectivity index (χ4n) is 6.76. The van der Waals surface area contributed by atoms with Crippen LogP contribution in [0.15, 0.2) is 56.0 Å². The lowest BCUT2D eigenvalue weighted by atomic mass is 10.0. The van der Waals surface area contributed by atoms with Gasteiger partial charge in [-0.25, -0.2) is 14.4 Å². The number of aliphatic hydroxyl groups excluding tert-OH is 2. The van der Waals surface area contributed by atoms with Gasteiger partial charge in [0.1, 0.15) is 30.1 Å². The lowest BCUT2D eigenvalue weighted by Gasteiger charge is -2.23. The molecule has 0 saturated carbocycles. The molecule has 29 nitrogen and oxygen atoms in total. The first-order valence-corrected chi connectivity index (χ1v) is 24.9. The Morgan fingerprint density at radius 3 is 1.47 bits per heavy atom. The van der Waals surface area contributed by atoms with Crippen LogP contribution in [0.25, 0.3) is 0 Å². The second-order valence-electron chi connectivity index (χ2n) is 15.4. The van der Waals surface area contributed by atoms with Crippen molar-refractivity contribution in [1.29, 1.82) is 0 Å². The second kappa shape index (κ2) is 24.3. The van der Waals surface area contributed by atoms with Crippen LogP contribution in [0.3, 0.4) is 0 Å². The van der Waals surface area contributed by atoms with Crippen LogP contribution >= 0.6 is 23.5 Å². The number of anilines is 2. The largest absolute Gasteiger partial charge is 0.756 e. The third kappa shape index (κ3) is 14.6. The van der Waals surface area contributed by atoms with Gasteiger partial charge >= 0.3 is 17.1 Å². The van der Waals surface area contributed by atoms with Gasteiger partial charge in [0, 0.05) is 79.0 Å². The van der Waals surface area contributed by atoms with Gasteiger partial charge in [-0.15, -0.1) is 0 Å². The number of phosphoric acid groups is 3. The molecule has 0 aliphatic carbocycles. The van der Waals surface area contributed by atoms with Gasteiger partial charge in [-0.1, -0.05) is 20.8 Å². The van der Waals surface area contributed by atoms with Crippen molar-refractivity contribution in [3.63, 3.8) is 0 Å². The van der Waals surface area contributed by atoms with Gasteiger partial charge in [-0.2, -0.15) is 9.97 Å². The van der Waals surface area contributed by atoms with E-state index in [9.17, 15) is 57.8 Å². The van der Waals surface area contributed by atoms with Crippen molar-refractivity contribution in [3.05, 3.63) is 78.6 Å². The predicted molar refractivity (Wildman–Crippen MR) is 230 cm³/mol. The van der Waals surface area contributed by atoms with Crippen LogP contribution in [0.2, 0.25) is 0 Å². The molecule has 3 aromatic rings. The van der Waals surface area contributed by atoms with Gasteiger partial charge in [0.25, 0.3) is 29.0 Å². The predicted octanol–water partition coefficient (Wildman–Crippen LogP) is -1.78. The summed E-state index contributed by atoms with van der Waals surface area (Å²) in [6, 6.07) is 4.39. The molecular formula is C36H56N8O21P3-3. The molecule has 6 heterocycles. The quantitative estimate of drug-likeness (QED) is 0.109. The van der Waals surface area contributed by atoms with E-state index in [1.807, 2.05) is 6.92 Å². The summed E-state index contributed by atoms with van der Waals surface area (Å²) in [5.41, 5.74) is -2.17. The van der Waals surface area contributed by atoms with Crippen LogP contribution in [-0.2, 0) is 62.1 Å². The SMILES string of the molecule is CNc1ccn([C@@H]2O[C@H](COP(=O)([O-])OC)C(C)[C@@H]2O)c(=O)n1.CNc1ccn([C@H]2CC(C)[C@@H](COP(=O)([O-])OC)O2)c(=O)n1.COP(=O)([O-])OC[C@H]1O[C@@H](n2ccc(=O)n(C)c2=O)[C@@H](O)C1C. The van der Waals surface area contributed by atoms with Gasteiger partial charge in [0.05, 0.1) is 38.1 Å². The third-order valence-corrected chi connectivity index (χ3v) is 13.8. The smallest absolute Gasteiger partial charge is 0.351 e. The molecule has 3 saturated heterocycles. The van der Waals surface area contributed by atoms with Gasteiger partial charge in [-0.05, 0) is 24.5 Å². The van der Waals surface area contributed by atoms with E-state index in [4.69, 9.17) is 18.7 Å². The normalized spacial score (nSPS) is 29.4. The molecule has 0 radical (unpaired) electrons. The molecule has 0 amide bonds. The molecule has 4 N–H and O–H groups in total. The van der Waals surface area contributed by atoms with Gasteiger partial charge < -0.3 is 76.9 Å². The van der Waals surface area contributed by atoms with Gasteiger partial charge in [-0.3, -0.25) is 36.8 Å². The van der Waals surface area contributed by atoms with E-state index in [0.29, 0.717) is 18.1 Å². The standard InChI is InChI=1S/C12H20N3O7P.C12H20N3O6P.C12H19N2O8P/c1-7-8(6-21-23(18,19)20-3)22-11(10(7)16)15-5-4-9(13-2)14-12(15)17;1-8-6-11(15-5-4-10(13-2)14-12(15)16)21-9(8)7-20-22(17,18)19-3;1-7-8(6-21-23(18,19)20-3)22-11(10(7)16)14-5-4-9(15)13(2)12(14)17/h4-5,7-8,10-11,16H,6H2,1-3H3,(H,18,19)(H,13,14,17);4-5,8-9,11H,6-7H2,1-3H3,(H,17,18)(H,13,14,16);4-5,7-8,10-11,16H,6H2,1-3H3,(H,18,19)/p-3/t7?,8-,10+,11-;8?,9-,11-;7?,8-,10+,11-/m111/s1. The Labute approximate surface area is 388 Å². The maximum absolute atomic E-state index is 12.1. The summed E-state index contributed by atoms with van der Waals surface area (Å²) in [5, 5.41) is 26.0. The summed E-state index contributed by atoms with van der Waals surface area (Å²) in [6.45, 7) is 4.37. The molecule has 3 aromatic heterocycles. The minimum Gasteiger partial charge on any atom is -0.756 e. The fourth-order valence-corrected chi connectivity index (χ4v) is 8.07. The molecule has 0 bridgehead atoms. The number of hydrogen-bond acceptors (Lipinski definition) is 25. The molecule has 6 unspecified atom stereocenters. The summed E-state index contributed by atoms with van der Waals surface area (Å²) in [5.74, 6) is -0.0647. The number of rotatable bonds is 17. The van der Waals surface area contributed by atoms with Crippen molar-refractivity contribution in [2.45, 2.75) is 76.4 Å². The van der Waals surface area contributed by atoms with E-state index in [2.05, 4.69) is 43.2 Å². The van der Waals surface area contributed by atoms with Crippen molar-refractivity contribution < 1.29 is 79.9 Å². The number of aromatic nitrogens is 6. The third-order valence-electron chi connectivity index (χ3n) is 11.1. The summed E-state index contributed by atoms with van der Waals surface area (Å²) in [6.07, 6.45) is -1.73. The minimum absolute atomic E-state index is 0.0257. The molecule has 384 valence electrons. The summed E-state index contributed by atoms with van der Waals surface area (Å²) >= 11 is 0. The van der Waals surface area contributed by atoms with Crippen molar-refractivity contribution in [1.82, 2.24) is 28.2 Å². The van der Waals surface area contributed by atoms with Crippen LogP contribution < -0.4 is 47.9 Å². The van der Waals surface area contributed by atoms with E-state index < -0.39 is 107 Å². The Hall–Kier alpha value is -3.83. The Morgan fingerprint density at radius 2 is 1.06 bits per heavy atom. The van der Waals surface area contributed by atoms with E-state index in [0.717, 1.165) is 35.0 Å². The zero-order valence-corrected chi connectivity index (χ0v) is 41.0. The molecule has 32 heteroatoms. The molecule has 0 aromatic carbocycles. The van der Waals surface area contributed by atoms with Crippen LogP contribution in [0.1, 0.15) is 45.9 Å². The molecular weight excluding hydrogens is 973 g/mol. The lowest BCUT2D eigenvalue weighted by molar-refractivity contribution is -0.226. The first-order valence-electron chi connectivity index (χ1n) is 20.5. The number of ether oxygens (including phenoxy) is 3. The number of phosphoric ester groups is 3. The topological polar surface area (TPSA) is 382 Å². The Bertz CT molecular complexity index is 2540. The van der Waals surface area contributed by atoms with E-state index in [-0.39, 0.29) is 25.7 Å². The second-order valence-corrected chi connectivity index (χ2v) is 19.9. The number of nitrogens with one attached hydrogen (secondary N) is 2. The van der Waals surface area contributed by atoms with Gasteiger partial charge in [0.15, 0.2) is 12.5 Å². The molecule has 0 spiro atoms. The molecule has 14 atom stereocenters. The first kappa shape index (κ1) is 56.8. The van der Waals surface area contributed by atoms with Gasteiger partial charge in [0.2, 0.25) is 0 Å². The molecule has 6 rings (SSSR count). The first-order chi connectivity index (χ1) is 31.8. The Balaban J connectivity index is 0.000000222. The molecule has 3 fully saturated rings. The van der Waals surface area contributed by atoms with Crippen molar-refractivity contribution >= 4 is 35.1 Å². The molecule has 3 aliphatic heterocycles. The number of hydrogen-bond donors (Lipinski definition) is 4. The number of aliphatic hydroxyl groups is 2. The summed E-state index contributed by atoms with van der Waals surface area (Å²) in [4.78, 5) is 88.7. The van der Waals surface area contributed by atoms with Crippen LogP contribution in [0.5, 0.6) is 0 Å². The summed E-state index contributed by atoms with van der Waals surface area (Å²) in [7, 11) is -5.50. The highest BCUT2D eigenvalue weighted by Gasteiger charge is 2.44. The highest BCUT2D eigenvalue weighted by atomic mass is 31.2. The highest BCUT2D eigenvalue weighted by Crippen LogP contribution is 2.42. The van der Waals surface area contributed by atoms with Crippen molar-refractivity contribution in [3.8, 4) is 0 Å². The maximum Gasteiger partial charge on any atom is 0.351 e. The highest BCUT2D eigenvalue weighted by molar-refractivity contribution is 7.46. The minimum atomic E-state index is -4.41. The number of nitrogens with zero attached hydrogens (tertiary/aromatic N) is 6. The van der Waals surface area contributed by atoms with E-state index >= 15 is 0 Å². The van der Waals surface area contributed by atoms with Crippen molar-refractivity contribution in [2.24, 2.45) is 24.8 Å². The molecule has 68 heavy (non-hydrogen) atoms. The van der Waals surface area contributed by atoms with Crippen LogP contribution in [0, 0.1) is 17.8 Å². The average molecular weight is 1030 g/mol. The van der Waals surface area contributed by atoms with E-state index in [1.54, 1.807) is 46.3 Å². The Kier molecular flexibility index (Phi) is 20.3. The zero-order valence-electron chi connectivity index (χ0n) is 38.3. The maximum atomic E-state index is 12.1. The Morgan fingerprint density at radius 1 is 0.662 bits per heavy atom. The van der Waals surface area contributed by atoms with Crippen molar-refractivity contribution in [2.75, 3.05) is 65.9 Å². The lowest BCUT2D eigenvalue weighted by Crippen LogP contribution is -2.41.